The number of hydroxylamine groups is 2. The second kappa shape index (κ2) is 11.2. The Labute approximate surface area is 231 Å². The molecule has 2 aliphatic heterocycles. The number of benzene rings is 1. The molecule has 0 saturated carbocycles. The van der Waals surface area contributed by atoms with Crippen LogP contribution in [0.15, 0.2) is 30.6 Å². The van der Waals surface area contributed by atoms with Crippen LogP contribution in [0.25, 0.3) is 27.9 Å². The summed E-state index contributed by atoms with van der Waals surface area (Å²) in [7, 11) is 3.27. The lowest BCUT2D eigenvalue weighted by Crippen LogP contribution is -2.56. The number of anilines is 1. The lowest BCUT2D eigenvalue weighted by molar-refractivity contribution is -0.101. The summed E-state index contributed by atoms with van der Waals surface area (Å²) in [5.41, 5.74) is 4.76. The number of nitrogens with zero attached hydrogens (tertiary/aromatic N) is 5. The van der Waals surface area contributed by atoms with Crippen LogP contribution < -0.4 is 5.32 Å². The fraction of sp³-hybridized carbons (Fsp3) is 0.429. The van der Waals surface area contributed by atoms with E-state index >= 15 is 0 Å². The first-order valence-electron chi connectivity index (χ1n) is 13.3. The first-order chi connectivity index (χ1) is 19.1. The van der Waals surface area contributed by atoms with Crippen molar-refractivity contribution in [3.05, 3.63) is 47.7 Å². The lowest BCUT2D eigenvalue weighted by atomic mass is 10.0. The van der Waals surface area contributed by atoms with E-state index in [0.717, 1.165) is 16.7 Å². The molecule has 2 N–H and O–H groups in total. The number of urea groups is 1. The van der Waals surface area contributed by atoms with Gasteiger partial charge in [-0.1, -0.05) is 6.08 Å². The van der Waals surface area contributed by atoms with Crippen LogP contribution in [0.4, 0.5) is 19.7 Å². The Bertz CT molecular complexity index is 1460. The van der Waals surface area contributed by atoms with Gasteiger partial charge in [-0.2, -0.15) is 0 Å². The Morgan fingerprint density at radius 2 is 1.98 bits per heavy atom. The van der Waals surface area contributed by atoms with E-state index < -0.39 is 11.9 Å². The fourth-order valence-electron chi connectivity index (χ4n) is 4.82. The average Bonchev–Trinajstić information content (AvgIpc) is 3.32. The van der Waals surface area contributed by atoms with Crippen molar-refractivity contribution in [2.24, 2.45) is 0 Å². The molecule has 0 radical (unpaired) electrons. The molecule has 0 aliphatic carbocycles. The molecule has 1 fully saturated rings. The molecule has 2 aromatic heterocycles. The zero-order valence-electron chi connectivity index (χ0n) is 23.3. The molecule has 3 aromatic rings. The molecule has 4 heterocycles. The third-order valence-electron chi connectivity index (χ3n) is 6.98. The molecule has 0 unspecified atom stereocenters. The number of fused-ring (bicyclic) bond motifs is 1. The molecule has 3 amide bonds. The first-order valence-corrected chi connectivity index (χ1v) is 13.3. The summed E-state index contributed by atoms with van der Waals surface area (Å²) in [6, 6.07) is 4.40. The van der Waals surface area contributed by atoms with Crippen LogP contribution in [-0.2, 0) is 9.57 Å². The van der Waals surface area contributed by atoms with E-state index in [4.69, 9.17) is 9.57 Å². The van der Waals surface area contributed by atoms with Gasteiger partial charge in [0, 0.05) is 43.0 Å². The highest BCUT2D eigenvalue weighted by atomic mass is 19.1. The Morgan fingerprint density at radius 1 is 1.20 bits per heavy atom. The third kappa shape index (κ3) is 5.77. The maximum Gasteiger partial charge on any atom is 0.428 e. The molecule has 2 aliphatic rings. The summed E-state index contributed by atoms with van der Waals surface area (Å²) >= 11 is 0. The van der Waals surface area contributed by atoms with E-state index in [0.29, 0.717) is 60.8 Å². The maximum absolute atomic E-state index is 14.8. The van der Waals surface area contributed by atoms with Gasteiger partial charge in [0.25, 0.3) is 0 Å². The van der Waals surface area contributed by atoms with Crippen molar-refractivity contribution >= 4 is 34.4 Å². The summed E-state index contributed by atoms with van der Waals surface area (Å²) in [6.07, 6.45) is 3.79. The molecular formula is C28H34FN7O4. The minimum Gasteiger partial charge on any atom is -0.372 e. The summed E-state index contributed by atoms with van der Waals surface area (Å²) in [6.45, 7) is 7.75. The SMILES string of the molecule is Cc1c(NC(=O)N2CC(OC(C)C)C2)cc(F)cc1-c1ncnc2[nH]c(C3=CCN(OC(=O)N(C)C)CC3)cc12. The number of amides is 3. The molecular weight excluding hydrogens is 517 g/mol. The number of carbonyl (C=O) groups excluding carboxylic acids is 2. The van der Waals surface area contributed by atoms with Gasteiger partial charge in [0.1, 0.15) is 17.8 Å². The summed E-state index contributed by atoms with van der Waals surface area (Å²) in [5.74, 6) is -0.481. The lowest BCUT2D eigenvalue weighted by Gasteiger charge is -2.39. The highest BCUT2D eigenvalue weighted by Crippen LogP contribution is 2.35. The number of nitrogens with one attached hydrogen (secondary N) is 2. The summed E-state index contributed by atoms with van der Waals surface area (Å²) < 4.78 is 20.6. The van der Waals surface area contributed by atoms with Gasteiger partial charge in [-0.05, 0) is 56.5 Å². The van der Waals surface area contributed by atoms with E-state index in [1.165, 1.54) is 23.4 Å². The van der Waals surface area contributed by atoms with Crippen molar-refractivity contribution in [3.8, 4) is 11.3 Å². The molecule has 1 aromatic carbocycles. The van der Waals surface area contributed by atoms with Crippen LogP contribution in [0.3, 0.4) is 0 Å². The molecule has 0 atom stereocenters. The maximum atomic E-state index is 14.8. The van der Waals surface area contributed by atoms with Crippen LogP contribution in [-0.4, -0.2) is 94.4 Å². The van der Waals surface area contributed by atoms with Gasteiger partial charge in [0.05, 0.1) is 37.5 Å². The predicted octanol–water partition coefficient (Wildman–Crippen LogP) is 4.42. The Morgan fingerprint density at radius 3 is 2.65 bits per heavy atom. The zero-order valence-corrected chi connectivity index (χ0v) is 23.3. The van der Waals surface area contributed by atoms with Gasteiger partial charge in [-0.3, -0.25) is 0 Å². The third-order valence-corrected chi connectivity index (χ3v) is 6.98. The second-order valence-corrected chi connectivity index (χ2v) is 10.6. The molecule has 212 valence electrons. The van der Waals surface area contributed by atoms with Gasteiger partial charge in [0.2, 0.25) is 0 Å². The molecule has 1 saturated heterocycles. The van der Waals surface area contributed by atoms with Crippen LogP contribution in [0.2, 0.25) is 0 Å². The largest absolute Gasteiger partial charge is 0.428 e. The predicted molar refractivity (Wildman–Crippen MR) is 149 cm³/mol. The van der Waals surface area contributed by atoms with Gasteiger partial charge >= 0.3 is 12.1 Å². The number of H-pyrrole nitrogens is 1. The molecule has 0 bridgehead atoms. The van der Waals surface area contributed by atoms with E-state index in [1.54, 1.807) is 24.1 Å². The number of ether oxygens (including phenoxy) is 1. The van der Waals surface area contributed by atoms with Crippen LogP contribution in [0.5, 0.6) is 0 Å². The van der Waals surface area contributed by atoms with Crippen LogP contribution in [0, 0.1) is 12.7 Å². The van der Waals surface area contributed by atoms with Gasteiger partial charge in [0.15, 0.2) is 0 Å². The normalized spacial score (nSPS) is 16.2. The fourth-order valence-corrected chi connectivity index (χ4v) is 4.82. The number of hydrogen-bond donors (Lipinski definition) is 2. The topological polar surface area (TPSA) is 116 Å². The van der Waals surface area contributed by atoms with Gasteiger partial charge in [-0.25, -0.2) is 23.9 Å². The van der Waals surface area contributed by atoms with Crippen molar-refractivity contribution in [3.63, 3.8) is 0 Å². The Balaban J connectivity index is 1.36. The number of halogens is 1. The number of rotatable bonds is 6. The van der Waals surface area contributed by atoms with E-state index in [1.807, 2.05) is 32.9 Å². The van der Waals surface area contributed by atoms with Crippen molar-refractivity contribution in [1.82, 2.24) is 29.8 Å². The number of aromatic amines is 1. The smallest absolute Gasteiger partial charge is 0.372 e. The van der Waals surface area contributed by atoms with E-state index in [2.05, 4.69) is 20.3 Å². The highest BCUT2D eigenvalue weighted by Gasteiger charge is 2.32. The van der Waals surface area contributed by atoms with Crippen molar-refractivity contribution in [2.45, 2.75) is 39.4 Å². The highest BCUT2D eigenvalue weighted by molar-refractivity contribution is 5.97. The molecule has 11 nitrogen and oxygen atoms in total. The summed E-state index contributed by atoms with van der Waals surface area (Å²) in [5, 5.41) is 5.21. The van der Waals surface area contributed by atoms with Crippen molar-refractivity contribution in [1.29, 1.82) is 0 Å². The number of likely N-dealkylation sites (tertiary alicyclic amines) is 1. The number of aromatic nitrogens is 3. The minimum atomic E-state index is -0.481. The Hall–Kier alpha value is -4.03. The van der Waals surface area contributed by atoms with Crippen LogP contribution in [0.1, 0.15) is 31.5 Å². The number of carbonyl (C=O) groups is 2. The second-order valence-electron chi connectivity index (χ2n) is 10.6. The Kier molecular flexibility index (Phi) is 7.72. The first kappa shape index (κ1) is 27.5. The van der Waals surface area contributed by atoms with Crippen molar-refractivity contribution < 1.29 is 23.6 Å². The molecule has 5 rings (SSSR count). The molecule has 0 spiro atoms. The quantitative estimate of drug-likeness (QED) is 0.466. The number of hydrogen-bond acceptors (Lipinski definition) is 7. The van der Waals surface area contributed by atoms with Gasteiger partial charge < -0.3 is 29.7 Å². The van der Waals surface area contributed by atoms with Crippen molar-refractivity contribution in [2.75, 3.05) is 45.6 Å². The van der Waals surface area contributed by atoms with Gasteiger partial charge in [-0.15, -0.1) is 5.06 Å². The zero-order chi connectivity index (χ0) is 28.6. The van der Waals surface area contributed by atoms with E-state index in [-0.39, 0.29) is 18.2 Å². The molecule has 40 heavy (non-hydrogen) atoms. The summed E-state index contributed by atoms with van der Waals surface area (Å²) in [4.78, 5) is 45.2. The van der Waals surface area contributed by atoms with E-state index in [9.17, 15) is 14.0 Å². The minimum absolute atomic E-state index is 0.0161. The monoisotopic (exact) mass is 551 g/mol. The molecule has 12 heteroatoms. The van der Waals surface area contributed by atoms with Crippen LogP contribution >= 0.6 is 0 Å². The average molecular weight is 552 g/mol. The standard InChI is InChI=1S/C28H34FN7O4/c1-16(2)39-20-13-35(14-20)27(37)33-23-11-19(29)10-21(17(23)3)25-22-12-24(32-26(22)31-15-30-25)18-6-8-36(9-7-18)40-28(38)34(4)5/h6,10-12,15-16,20H,7-9,13-14H2,1-5H3,(H,33,37)(H,30,31,32).